The summed E-state index contributed by atoms with van der Waals surface area (Å²) in [6.45, 7) is 2.49. The van der Waals surface area contributed by atoms with Crippen LogP contribution in [0.15, 0.2) is 17.2 Å². The molecule has 0 bridgehead atoms. The number of nitrogens with zero attached hydrogens (tertiary/aromatic N) is 2. The molecule has 120 valence electrons. The fourth-order valence-corrected chi connectivity index (χ4v) is 3.85. The van der Waals surface area contributed by atoms with E-state index in [-0.39, 0.29) is 11.5 Å². The van der Waals surface area contributed by atoms with Gasteiger partial charge in [0.05, 0.1) is 11.5 Å². The SMILES string of the molecule is CN1CCC(CCNS(=O)(=O)c2cc(CO)n(C)c2)CC1. The van der Waals surface area contributed by atoms with Gasteiger partial charge in [-0.25, -0.2) is 13.1 Å². The molecule has 2 heterocycles. The van der Waals surface area contributed by atoms with Gasteiger partial charge in [0.1, 0.15) is 0 Å². The number of aliphatic hydroxyl groups is 1. The molecule has 2 N–H and O–H groups in total. The molecule has 6 nitrogen and oxygen atoms in total. The van der Waals surface area contributed by atoms with E-state index in [1.807, 2.05) is 0 Å². The molecular weight excluding hydrogens is 290 g/mol. The molecule has 1 aliphatic rings. The van der Waals surface area contributed by atoms with Crippen LogP contribution >= 0.6 is 0 Å². The Kier molecular flexibility index (Phi) is 5.43. The fraction of sp³-hybridized carbons (Fsp3) is 0.714. The van der Waals surface area contributed by atoms with Crippen LogP contribution < -0.4 is 4.72 Å². The Hall–Kier alpha value is -0.890. The van der Waals surface area contributed by atoms with Gasteiger partial charge >= 0.3 is 0 Å². The van der Waals surface area contributed by atoms with Gasteiger partial charge in [0.15, 0.2) is 0 Å². The van der Waals surface area contributed by atoms with Crippen LogP contribution in [0.5, 0.6) is 0 Å². The van der Waals surface area contributed by atoms with Crippen molar-refractivity contribution in [3.63, 3.8) is 0 Å². The first-order valence-electron chi connectivity index (χ1n) is 7.36. The van der Waals surface area contributed by atoms with Gasteiger partial charge in [-0.2, -0.15) is 0 Å². The summed E-state index contributed by atoms with van der Waals surface area (Å²) < 4.78 is 28.7. The third kappa shape index (κ3) is 4.29. The van der Waals surface area contributed by atoms with Gasteiger partial charge in [-0.3, -0.25) is 0 Å². The molecule has 0 amide bonds. The topological polar surface area (TPSA) is 74.6 Å². The number of aryl methyl sites for hydroxylation is 1. The van der Waals surface area contributed by atoms with Crippen molar-refractivity contribution < 1.29 is 13.5 Å². The van der Waals surface area contributed by atoms with Crippen LogP contribution in [0.1, 0.15) is 25.0 Å². The highest BCUT2D eigenvalue weighted by molar-refractivity contribution is 7.89. The zero-order valence-electron chi connectivity index (χ0n) is 12.7. The van der Waals surface area contributed by atoms with Crippen molar-refractivity contribution in [2.24, 2.45) is 13.0 Å². The van der Waals surface area contributed by atoms with Gasteiger partial charge in [-0.15, -0.1) is 0 Å². The number of likely N-dealkylation sites (tertiary alicyclic amines) is 1. The van der Waals surface area contributed by atoms with Gasteiger partial charge in [0.25, 0.3) is 0 Å². The molecule has 7 heteroatoms. The number of aliphatic hydroxyl groups excluding tert-OH is 1. The number of nitrogens with one attached hydrogen (secondary N) is 1. The first kappa shape index (κ1) is 16.5. The molecule has 21 heavy (non-hydrogen) atoms. The van der Waals surface area contributed by atoms with Crippen molar-refractivity contribution >= 4 is 10.0 Å². The summed E-state index contributed by atoms with van der Waals surface area (Å²) >= 11 is 0. The molecule has 1 saturated heterocycles. The van der Waals surface area contributed by atoms with E-state index in [0.29, 0.717) is 18.2 Å². The summed E-state index contributed by atoms with van der Waals surface area (Å²) in [7, 11) is 0.367. The highest BCUT2D eigenvalue weighted by Gasteiger charge is 2.20. The molecule has 1 fully saturated rings. The fourth-order valence-electron chi connectivity index (χ4n) is 2.71. The van der Waals surface area contributed by atoms with Crippen LogP contribution in [0.3, 0.4) is 0 Å². The maximum absolute atomic E-state index is 12.2. The van der Waals surface area contributed by atoms with E-state index < -0.39 is 10.0 Å². The van der Waals surface area contributed by atoms with E-state index in [9.17, 15) is 8.42 Å². The average Bonchev–Trinajstić information content (AvgIpc) is 2.83. The van der Waals surface area contributed by atoms with Gasteiger partial charge in [-0.05, 0) is 51.4 Å². The molecule has 0 saturated carbocycles. The molecular formula is C14H25N3O3S. The molecule has 0 atom stereocenters. The Morgan fingerprint density at radius 3 is 2.57 bits per heavy atom. The van der Waals surface area contributed by atoms with Crippen LogP contribution in [-0.4, -0.2) is 49.7 Å². The van der Waals surface area contributed by atoms with E-state index in [2.05, 4.69) is 16.7 Å². The quantitative estimate of drug-likeness (QED) is 0.803. The van der Waals surface area contributed by atoms with Gasteiger partial charge in [-0.1, -0.05) is 0 Å². The lowest BCUT2D eigenvalue weighted by molar-refractivity contribution is 0.213. The van der Waals surface area contributed by atoms with Crippen molar-refractivity contribution in [2.75, 3.05) is 26.7 Å². The number of piperidine rings is 1. The monoisotopic (exact) mass is 315 g/mol. The zero-order valence-corrected chi connectivity index (χ0v) is 13.6. The second kappa shape index (κ2) is 6.91. The van der Waals surface area contributed by atoms with Gasteiger partial charge in [0.2, 0.25) is 10.0 Å². The predicted octanol–water partition coefficient (Wildman–Crippen LogP) is 0.528. The van der Waals surface area contributed by atoms with Crippen LogP contribution in [0.4, 0.5) is 0 Å². The van der Waals surface area contributed by atoms with Crippen molar-refractivity contribution in [3.05, 3.63) is 18.0 Å². The van der Waals surface area contributed by atoms with E-state index in [0.717, 1.165) is 32.4 Å². The third-order valence-corrected chi connectivity index (χ3v) is 5.67. The summed E-state index contributed by atoms with van der Waals surface area (Å²) in [6.07, 6.45) is 4.69. The smallest absolute Gasteiger partial charge is 0.242 e. The highest BCUT2D eigenvalue weighted by atomic mass is 32.2. The standard InChI is InChI=1S/C14H25N3O3S/c1-16-7-4-12(5-8-16)3-6-15-21(19,20)14-9-13(11-18)17(2)10-14/h9-10,12,15,18H,3-8,11H2,1-2H3. The largest absolute Gasteiger partial charge is 0.390 e. The van der Waals surface area contributed by atoms with Crippen molar-refractivity contribution in [1.29, 1.82) is 0 Å². The molecule has 0 aliphatic carbocycles. The molecule has 0 radical (unpaired) electrons. The summed E-state index contributed by atoms with van der Waals surface area (Å²) in [5.74, 6) is 0.604. The lowest BCUT2D eigenvalue weighted by atomic mass is 9.94. The Bertz CT molecular complexity index is 560. The average molecular weight is 315 g/mol. The van der Waals surface area contributed by atoms with E-state index in [1.54, 1.807) is 11.6 Å². The summed E-state index contributed by atoms with van der Waals surface area (Å²) in [5.41, 5.74) is 0.589. The minimum atomic E-state index is -3.48. The maximum atomic E-state index is 12.2. The van der Waals surface area contributed by atoms with Crippen molar-refractivity contribution in [3.8, 4) is 0 Å². The highest BCUT2D eigenvalue weighted by Crippen LogP contribution is 2.19. The predicted molar refractivity (Wildman–Crippen MR) is 81.4 cm³/mol. The number of hydrogen-bond acceptors (Lipinski definition) is 4. The summed E-state index contributed by atoms with van der Waals surface area (Å²) in [6, 6.07) is 1.51. The summed E-state index contributed by atoms with van der Waals surface area (Å²) in [4.78, 5) is 2.53. The minimum absolute atomic E-state index is 0.165. The summed E-state index contributed by atoms with van der Waals surface area (Å²) in [5, 5.41) is 9.13. The number of rotatable bonds is 6. The van der Waals surface area contributed by atoms with Gasteiger partial charge in [0, 0.05) is 25.5 Å². The zero-order chi connectivity index (χ0) is 15.5. The number of sulfonamides is 1. The Balaban J connectivity index is 1.86. The lowest BCUT2D eigenvalue weighted by Gasteiger charge is -2.28. The van der Waals surface area contributed by atoms with E-state index >= 15 is 0 Å². The van der Waals surface area contributed by atoms with Crippen LogP contribution in [0, 0.1) is 5.92 Å². The second-order valence-corrected chi connectivity index (χ2v) is 7.64. The Morgan fingerprint density at radius 2 is 2.00 bits per heavy atom. The molecule has 2 rings (SSSR count). The molecule has 0 unspecified atom stereocenters. The second-order valence-electron chi connectivity index (χ2n) is 5.87. The van der Waals surface area contributed by atoms with E-state index in [1.165, 1.54) is 12.3 Å². The third-order valence-electron chi connectivity index (χ3n) is 4.24. The number of aromatic nitrogens is 1. The minimum Gasteiger partial charge on any atom is -0.390 e. The van der Waals surface area contributed by atoms with Crippen LogP contribution in [-0.2, 0) is 23.7 Å². The molecule has 0 spiro atoms. The first-order chi connectivity index (χ1) is 9.92. The molecule has 1 aromatic rings. The Labute approximate surface area is 126 Å². The van der Waals surface area contributed by atoms with Crippen molar-refractivity contribution in [1.82, 2.24) is 14.2 Å². The van der Waals surface area contributed by atoms with E-state index in [4.69, 9.17) is 5.11 Å². The lowest BCUT2D eigenvalue weighted by Crippen LogP contribution is -2.32. The van der Waals surface area contributed by atoms with Crippen molar-refractivity contribution in [2.45, 2.75) is 30.8 Å². The van der Waals surface area contributed by atoms with Crippen LogP contribution in [0.25, 0.3) is 0 Å². The molecule has 1 aromatic heterocycles. The number of hydrogen-bond donors (Lipinski definition) is 2. The molecule has 0 aromatic carbocycles. The molecule has 1 aliphatic heterocycles. The van der Waals surface area contributed by atoms with Gasteiger partial charge < -0.3 is 14.6 Å². The maximum Gasteiger partial charge on any atom is 0.242 e. The Morgan fingerprint density at radius 1 is 1.33 bits per heavy atom. The van der Waals surface area contributed by atoms with Crippen LogP contribution in [0.2, 0.25) is 0 Å². The normalized spacial score (nSPS) is 18.2. The first-order valence-corrected chi connectivity index (χ1v) is 8.85.